The van der Waals surface area contributed by atoms with Crippen LogP contribution in [-0.4, -0.2) is 29.4 Å². The fourth-order valence-electron chi connectivity index (χ4n) is 2.40. The third-order valence-corrected chi connectivity index (χ3v) is 5.12. The zero-order valence-corrected chi connectivity index (χ0v) is 17.2. The van der Waals surface area contributed by atoms with E-state index in [1.165, 1.54) is 0 Å². The third-order valence-electron chi connectivity index (χ3n) is 4.07. The highest BCUT2D eigenvalue weighted by atomic mass is 35.5. The van der Waals surface area contributed by atoms with Crippen LogP contribution >= 0.6 is 23.7 Å². The Kier molecular flexibility index (Phi) is 7.56. The molecule has 0 radical (unpaired) electrons. The number of thiazole rings is 1. The highest BCUT2D eigenvalue weighted by Gasteiger charge is 2.17. The number of amides is 2. The van der Waals surface area contributed by atoms with Crippen LogP contribution in [0, 0.1) is 5.92 Å². The molecule has 1 atom stereocenters. The summed E-state index contributed by atoms with van der Waals surface area (Å²) in [5.41, 5.74) is 6.66. The second-order valence-corrected chi connectivity index (χ2v) is 7.55. The van der Waals surface area contributed by atoms with E-state index in [1.807, 2.05) is 44.2 Å². The van der Waals surface area contributed by atoms with Gasteiger partial charge in [-0.3, -0.25) is 9.59 Å². The van der Waals surface area contributed by atoms with Crippen molar-refractivity contribution >= 4 is 45.8 Å². The van der Waals surface area contributed by atoms with Gasteiger partial charge in [-0.2, -0.15) is 0 Å². The highest BCUT2D eigenvalue weighted by Crippen LogP contribution is 2.30. The molecule has 4 N–H and O–H groups in total. The van der Waals surface area contributed by atoms with Gasteiger partial charge in [-0.15, -0.1) is 23.7 Å². The summed E-state index contributed by atoms with van der Waals surface area (Å²) in [6.45, 7) is 3.81. The van der Waals surface area contributed by atoms with E-state index >= 15 is 0 Å². The zero-order chi connectivity index (χ0) is 19.4. The van der Waals surface area contributed by atoms with Crippen LogP contribution in [0.4, 0.5) is 0 Å². The van der Waals surface area contributed by atoms with Crippen molar-refractivity contribution in [3.63, 3.8) is 0 Å². The van der Waals surface area contributed by atoms with Crippen molar-refractivity contribution in [2.75, 3.05) is 6.54 Å². The predicted octanol–water partition coefficient (Wildman–Crippen LogP) is 2.69. The highest BCUT2D eigenvalue weighted by molar-refractivity contribution is 7.21. The van der Waals surface area contributed by atoms with Crippen molar-refractivity contribution in [2.45, 2.75) is 26.4 Å². The number of hydrogen-bond donors (Lipinski definition) is 3. The molecule has 0 bridgehead atoms. The average Bonchev–Trinajstić information content (AvgIpc) is 3.29. The first kappa shape index (κ1) is 21.9. The number of para-hydroxylation sites is 1. The number of fused-ring (bicyclic) bond motifs is 1. The van der Waals surface area contributed by atoms with Crippen molar-refractivity contribution < 1.29 is 14.0 Å². The van der Waals surface area contributed by atoms with E-state index in [0.29, 0.717) is 11.5 Å². The number of nitrogens with two attached hydrogens (primary N) is 1. The number of carbonyl (C=O) groups is 2. The molecular weight excluding hydrogens is 400 g/mol. The van der Waals surface area contributed by atoms with Crippen LogP contribution in [0.5, 0.6) is 0 Å². The Morgan fingerprint density at radius 2 is 1.93 bits per heavy atom. The number of furan rings is 1. The van der Waals surface area contributed by atoms with E-state index in [0.717, 1.165) is 15.2 Å². The lowest BCUT2D eigenvalue weighted by Gasteiger charge is -2.14. The molecule has 3 rings (SSSR count). The van der Waals surface area contributed by atoms with Crippen molar-refractivity contribution in [1.82, 2.24) is 15.6 Å². The smallest absolute Gasteiger partial charge is 0.239 e. The normalized spacial score (nSPS) is 11.9. The first-order valence-corrected chi connectivity index (χ1v) is 9.50. The Labute approximate surface area is 173 Å². The molecule has 1 aromatic carbocycles. The molecule has 3 aromatic rings. The molecule has 0 aliphatic rings. The molecule has 0 aliphatic heterocycles. The number of hydrogen-bond acceptors (Lipinski definition) is 6. The molecular formula is C19H23ClN4O3S. The molecule has 28 heavy (non-hydrogen) atoms. The van der Waals surface area contributed by atoms with Crippen LogP contribution in [0.15, 0.2) is 40.8 Å². The maximum atomic E-state index is 11.9. The SMILES string of the molecule is CC(C)[C@H](N)C(=O)NCC(=O)NCc1ccc(-c2nc3ccccc3s2)o1.Cl. The molecule has 0 aliphatic carbocycles. The summed E-state index contributed by atoms with van der Waals surface area (Å²) in [7, 11) is 0. The Morgan fingerprint density at radius 1 is 1.18 bits per heavy atom. The first-order valence-electron chi connectivity index (χ1n) is 8.68. The van der Waals surface area contributed by atoms with Gasteiger partial charge in [0.25, 0.3) is 0 Å². The Morgan fingerprint density at radius 3 is 2.64 bits per heavy atom. The molecule has 2 aromatic heterocycles. The summed E-state index contributed by atoms with van der Waals surface area (Å²) in [4.78, 5) is 28.2. The van der Waals surface area contributed by atoms with Crippen LogP contribution in [0.25, 0.3) is 21.0 Å². The maximum Gasteiger partial charge on any atom is 0.239 e. The molecule has 0 saturated heterocycles. The van der Waals surface area contributed by atoms with E-state index in [2.05, 4.69) is 15.6 Å². The number of benzene rings is 1. The zero-order valence-electron chi connectivity index (χ0n) is 15.6. The molecule has 0 unspecified atom stereocenters. The van der Waals surface area contributed by atoms with Gasteiger partial charge in [0.2, 0.25) is 11.8 Å². The molecule has 0 fully saturated rings. The quantitative estimate of drug-likeness (QED) is 0.542. The van der Waals surface area contributed by atoms with E-state index in [4.69, 9.17) is 10.2 Å². The monoisotopic (exact) mass is 422 g/mol. The summed E-state index contributed by atoms with van der Waals surface area (Å²) in [6, 6.07) is 10.9. The van der Waals surface area contributed by atoms with E-state index in [1.54, 1.807) is 17.4 Å². The van der Waals surface area contributed by atoms with Gasteiger partial charge < -0.3 is 20.8 Å². The molecule has 9 heteroatoms. The minimum Gasteiger partial charge on any atom is -0.457 e. The van der Waals surface area contributed by atoms with Gasteiger partial charge >= 0.3 is 0 Å². The second-order valence-electron chi connectivity index (χ2n) is 6.52. The maximum absolute atomic E-state index is 11.9. The molecule has 2 heterocycles. The van der Waals surface area contributed by atoms with Crippen molar-refractivity contribution in [2.24, 2.45) is 11.7 Å². The molecule has 150 valence electrons. The van der Waals surface area contributed by atoms with E-state index in [9.17, 15) is 9.59 Å². The van der Waals surface area contributed by atoms with Crippen LogP contribution in [0.1, 0.15) is 19.6 Å². The summed E-state index contributed by atoms with van der Waals surface area (Å²) in [6.07, 6.45) is 0. The predicted molar refractivity (Wildman–Crippen MR) is 112 cm³/mol. The van der Waals surface area contributed by atoms with Crippen LogP contribution < -0.4 is 16.4 Å². The average molecular weight is 423 g/mol. The number of rotatable bonds is 7. The molecule has 7 nitrogen and oxygen atoms in total. The number of halogens is 1. The number of aromatic nitrogens is 1. The minimum atomic E-state index is -0.626. The van der Waals surface area contributed by atoms with Gasteiger partial charge in [-0.25, -0.2) is 4.98 Å². The Balaban J connectivity index is 0.00000280. The van der Waals surface area contributed by atoms with E-state index < -0.39 is 6.04 Å². The van der Waals surface area contributed by atoms with Gasteiger partial charge in [0.15, 0.2) is 10.8 Å². The minimum absolute atomic E-state index is 0. The van der Waals surface area contributed by atoms with Crippen LogP contribution in [0.3, 0.4) is 0 Å². The van der Waals surface area contributed by atoms with Gasteiger partial charge in [0.1, 0.15) is 5.76 Å². The Bertz CT molecular complexity index is 920. The number of nitrogens with zero attached hydrogens (tertiary/aromatic N) is 1. The Hall–Kier alpha value is -2.42. The van der Waals surface area contributed by atoms with Crippen molar-refractivity contribution in [1.29, 1.82) is 0 Å². The fourth-order valence-corrected chi connectivity index (χ4v) is 3.33. The molecule has 2 amide bonds. The summed E-state index contributed by atoms with van der Waals surface area (Å²) in [5.74, 6) is 0.644. The van der Waals surface area contributed by atoms with E-state index in [-0.39, 0.29) is 43.2 Å². The fraction of sp³-hybridized carbons (Fsp3) is 0.316. The lowest BCUT2D eigenvalue weighted by Crippen LogP contribution is -2.47. The molecule has 0 spiro atoms. The van der Waals surface area contributed by atoms with Gasteiger partial charge in [-0.05, 0) is 30.2 Å². The summed E-state index contributed by atoms with van der Waals surface area (Å²) in [5, 5.41) is 6.03. The first-order chi connectivity index (χ1) is 12.9. The van der Waals surface area contributed by atoms with Gasteiger partial charge in [0.05, 0.1) is 29.3 Å². The summed E-state index contributed by atoms with van der Waals surface area (Å²) < 4.78 is 6.86. The number of nitrogens with one attached hydrogen (secondary N) is 2. The van der Waals surface area contributed by atoms with Crippen molar-refractivity contribution in [3.8, 4) is 10.8 Å². The standard InChI is InChI=1S/C19H22N4O3S.ClH/c1-11(2)17(20)18(25)22-10-16(24)21-9-12-7-8-14(26-12)19-23-13-5-3-4-6-15(13)27-19;/h3-8,11,17H,9-10,20H2,1-2H3,(H,21,24)(H,22,25);1H/t17-;/m0./s1. The largest absolute Gasteiger partial charge is 0.457 e. The lowest BCUT2D eigenvalue weighted by atomic mass is 10.1. The topological polar surface area (TPSA) is 110 Å². The van der Waals surface area contributed by atoms with Gasteiger partial charge in [-0.1, -0.05) is 26.0 Å². The molecule has 0 saturated carbocycles. The van der Waals surface area contributed by atoms with Crippen molar-refractivity contribution in [3.05, 3.63) is 42.2 Å². The van der Waals surface area contributed by atoms with Crippen LogP contribution in [0.2, 0.25) is 0 Å². The summed E-state index contributed by atoms with van der Waals surface area (Å²) >= 11 is 1.55. The lowest BCUT2D eigenvalue weighted by molar-refractivity contribution is -0.127. The van der Waals surface area contributed by atoms with Gasteiger partial charge in [0, 0.05) is 0 Å². The second kappa shape index (κ2) is 9.68. The van der Waals surface area contributed by atoms with Crippen LogP contribution in [-0.2, 0) is 16.1 Å². The third kappa shape index (κ3) is 5.31. The number of carbonyl (C=O) groups excluding carboxylic acids is 2.